The number of allylic oxidation sites excluding steroid dienone is 3. The number of aliphatic hydroxyl groups excluding tert-OH is 2. The van der Waals surface area contributed by atoms with Crippen molar-refractivity contribution in [2.24, 2.45) is 34.5 Å². The van der Waals surface area contributed by atoms with Crippen LogP contribution in [-0.4, -0.2) is 56.0 Å². The summed E-state index contributed by atoms with van der Waals surface area (Å²) in [4.78, 5) is 0. The van der Waals surface area contributed by atoms with Gasteiger partial charge in [-0.05, 0) is 68.1 Å². The van der Waals surface area contributed by atoms with E-state index in [2.05, 4.69) is 26.0 Å². The van der Waals surface area contributed by atoms with Crippen molar-refractivity contribution in [1.82, 2.24) is 0 Å². The molecule has 1 saturated heterocycles. The number of ether oxygens (including phenoxy) is 1. The van der Waals surface area contributed by atoms with Crippen molar-refractivity contribution >= 4 is 0 Å². The summed E-state index contributed by atoms with van der Waals surface area (Å²) >= 11 is 0. The first-order chi connectivity index (χ1) is 15.2. The van der Waals surface area contributed by atoms with Crippen molar-refractivity contribution < 1.29 is 25.2 Å². The van der Waals surface area contributed by atoms with Gasteiger partial charge in [-0.15, -0.1) is 0 Å². The topological polar surface area (TPSA) is 92.8 Å². The van der Waals surface area contributed by atoms with Crippen molar-refractivity contribution in [3.8, 4) is 0 Å². The first kappa shape index (κ1) is 24.0. The molecular weight excluding hydrogens is 416 g/mol. The van der Waals surface area contributed by atoms with Crippen LogP contribution in [-0.2, 0) is 4.74 Å². The van der Waals surface area contributed by atoms with Gasteiger partial charge in [0.25, 0.3) is 0 Å². The molecule has 5 N–H and O–H groups in total. The Morgan fingerprint density at radius 2 is 1.82 bits per heavy atom. The van der Waals surface area contributed by atoms with E-state index in [0.717, 1.165) is 38.5 Å². The molecule has 5 heteroatoms. The van der Waals surface area contributed by atoms with Crippen molar-refractivity contribution in [3.05, 3.63) is 23.3 Å². The summed E-state index contributed by atoms with van der Waals surface area (Å²) in [5, 5.41) is 41.6. The highest BCUT2D eigenvalue weighted by Gasteiger charge is 2.69. The molecule has 3 saturated carbocycles. The largest absolute Gasteiger partial charge is 0.441 e. The van der Waals surface area contributed by atoms with Crippen LogP contribution < -0.4 is 0 Å². The minimum absolute atomic E-state index is 0.0242. The van der Waals surface area contributed by atoms with Crippen LogP contribution in [0.2, 0.25) is 0 Å². The second-order valence-corrected chi connectivity index (χ2v) is 13.4. The summed E-state index contributed by atoms with van der Waals surface area (Å²) < 4.78 is 6.50. The van der Waals surface area contributed by atoms with Gasteiger partial charge in [-0.25, -0.2) is 0 Å². The number of fused-ring (bicyclic) bond motifs is 7. The summed E-state index contributed by atoms with van der Waals surface area (Å²) in [5.41, 5.74) is 1.07. The van der Waals surface area contributed by atoms with E-state index in [0.29, 0.717) is 11.8 Å². The highest BCUT2D eigenvalue weighted by Crippen LogP contribution is 2.68. The number of rotatable bonds is 3. The number of hydrogen-bond acceptors (Lipinski definition) is 4. The number of aliphatic hydroxyl groups is 3. The molecular formula is C28H45O5+. The summed E-state index contributed by atoms with van der Waals surface area (Å²) in [6.45, 7) is 12.1. The SMILES string of the molecule is CC(C(O)C1OC2CC3C4=CC=C5CC(O)CCC5(C)C4CCC3(C)C2C1(C)O)C(C)(C)[OH2+]. The van der Waals surface area contributed by atoms with Gasteiger partial charge in [-0.1, -0.05) is 44.1 Å². The third-order valence-corrected chi connectivity index (χ3v) is 11.0. The lowest BCUT2D eigenvalue weighted by molar-refractivity contribution is -0.155. The molecule has 1 aliphatic heterocycles. The van der Waals surface area contributed by atoms with E-state index in [4.69, 9.17) is 9.84 Å². The number of hydrogen-bond donors (Lipinski definition) is 3. The van der Waals surface area contributed by atoms with E-state index >= 15 is 0 Å². The van der Waals surface area contributed by atoms with Crippen LogP contribution in [0.25, 0.3) is 0 Å². The molecule has 0 radical (unpaired) electrons. The molecule has 186 valence electrons. The molecule has 0 aromatic carbocycles. The predicted molar refractivity (Wildman–Crippen MR) is 129 cm³/mol. The Morgan fingerprint density at radius 1 is 1.12 bits per heavy atom. The van der Waals surface area contributed by atoms with E-state index in [1.165, 1.54) is 11.1 Å². The van der Waals surface area contributed by atoms with Crippen LogP contribution in [0.1, 0.15) is 80.1 Å². The molecule has 5 rings (SSSR count). The third-order valence-electron chi connectivity index (χ3n) is 11.0. The van der Waals surface area contributed by atoms with Gasteiger partial charge >= 0.3 is 0 Å². The van der Waals surface area contributed by atoms with Gasteiger partial charge in [0.15, 0.2) is 5.60 Å². The summed E-state index contributed by atoms with van der Waals surface area (Å²) in [5.74, 6) is 0.557. The van der Waals surface area contributed by atoms with E-state index in [9.17, 15) is 15.3 Å². The summed E-state index contributed by atoms with van der Waals surface area (Å²) in [6.07, 6.45) is 8.59. The van der Waals surface area contributed by atoms with Gasteiger partial charge in [0, 0.05) is 19.8 Å². The second kappa shape index (κ2) is 7.39. The molecule has 4 aliphatic carbocycles. The van der Waals surface area contributed by atoms with E-state index in [1.54, 1.807) is 0 Å². The average molecular weight is 462 g/mol. The average Bonchev–Trinajstić information content (AvgIpc) is 3.17. The normalized spacial score (nSPS) is 51.0. The Morgan fingerprint density at radius 3 is 2.48 bits per heavy atom. The first-order valence-corrected chi connectivity index (χ1v) is 13.1. The summed E-state index contributed by atoms with van der Waals surface area (Å²) in [6, 6.07) is 0. The van der Waals surface area contributed by atoms with Crippen LogP contribution in [0.4, 0.5) is 0 Å². The fraction of sp³-hybridized carbons (Fsp3) is 0.857. The minimum atomic E-state index is -1.13. The van der Waals surface area contributed by atoms with Gasteiger partial charge in [-0.3, -0.25) is 0 Å². The molecule has 11 unspecified atom stereocenters. The van der Waals surface area contributed by atoms with Crippen LogP contribution in [0, 0.1) is 34.5 Å². The maximum atomic E-state index is 11.9. The molecule has 0 spiro atoms. The van der Waals surface area contributed by atoms with Crippen LogP contribution in [0.3, 0.4) is 0 Å². The van der Waals surface area contributed by atoms with Gasteiger partial charge in [-0.2, -0.15) is 0 Å². The van der Waals surface area contributed by atoms with Crippen molar-refractivity contribution in [1.29, 1.82) is 0 Å². The maximum Gasteiger partial charge on any atom is 0.163 e. The molecule has 4 fully saturated rings. The van der Waals surface area contributed by atoms with Crippen LogP contribution >= 0.6 is 0 Å². The molecule has 0 bridgehead atoms. The smallest absolute Gasteiger partial charge is 0.163 e. The van der Waals surface area contributed by atoms with Crippen LogP contribution in [0.15, 0.2) is 23.3 Å². The molecule has 0 aromatic rings. The lowest BCUT2D eigenvalue weighted by Crippen LogP contribution is -2.56. The van der Waals surface area contributed by atoms with Crippen LogP contribution in [0.5, 0.6) is 0 Å². The lowest BCUT2D eigenvalue weighted by Gasteiger charge is -2.55. The van der Waals surface area contributed by atoms with Gasteiger partial charge < -0.3 is 25.2 Å². The Labute approximate surface area is 198 Å². The fourth-order valence-corrected chi connectivity index (χ4v) is 8.77. The van der Waals surface area contributed by atoms with Crippen molar-refractivity contribution in [3.63, 3.8) is 0 Å². The minimum Gasteiger partial charge on any atom is -0.441 e. The molecule has 5 aliphatic rings. The Hall–Kier alpha value is -0.720. The van der Waals surface area contributed by atoms with Gasteiger partial charge in [0.2, 0.25) is 0 Å². The maximum absolute atomic E-state index is 11.9. The monoisotopic (exact) mass is 461 g/mol. The third kappa shape index (κ3) is 3.29. The van der Waals surface area contributed by atoms with E-state index in [1.807, 2.05) is 27.7 Å². The van der Waals surface area contributed by atoms with Crippen molar-refractivity contribution in [2.75, 3.05) is 0 Å². The zero-order valence-corrected chi connectivity index (χ0v) is 21.3. The first-order valence-electron chi connectivity index (χ1n) is 13.1. The molecule has 33 heavy (non-hydrogen) atoms. The van der Waals surface area contributed by atoms with E-state index < -0.39 is 23.4 Å². The molecule has 1 heterocycles. The molecule has 5 nitrogen and oxygen atoms in total. The quantitative estimate of drug-likeness (QED) is 0.561. The lowest BCUT2D eigenvalue weighted by atomic mass is 9.49. The molecule has 0 aromatic heterocycles. The molecule has 0 amide bonds. The Kier molecular flexibility index (Phi) is 5.38. The van der Waals surface area contributed by atoms with Gasteiger partial charge in [0.05, 0.1) is 29.8 Å². The second-order valence-electron chi connectivity index (χ2n) is 13.4. The van der Waals surface area contributed by atoms with Gasteiger partial charge in [0.1, 0.15) is 6.10 Å². The fourth-order valence-electron chi connectivity index (χ4n) is 8.77. The Bertz CT molecular complexity index is 868. The standard InChI is InChI=1S/C28H44O5/c1-15(25(2,3)31)22(30)24-28(6,32)23-21(33-24)14-20-18-8-7-16-13-17(29)9-11-26(16,4)19(18)10-12-27(20,23)5/h7-8,15,17,19-24,29-32H,9-14H2,1-6H3/p+1. The zero-order chi connectivity index (χ0) is 24.1. The highest BCUT2D eigenvalue weighted by molar-refractivity contribution is 5.40. The Balaban J connectivity index is 1.45. The zero-order valence-electron chi connectivity index (χ0n) is 21.3. The van der Waals surface area contributed by atoms with E-state index in [-0.39, 0.29) is 34.9 Å². The highest BCUT2D eigenvalue weighted by atomic mass is 16.5. The van der Waals surface area contributed by atoms with Crippen molar-refractivity contribution in [2.45, 2.75) is 116 Å². The summed E-state index contributed by atoms with van der Waals surface area (Å²) in [7, 11) is 0. The molecule has 11 atom stereocenters. The predicted octanol–water partition coefficient (Wildman–Crippen LogP) is 3.47.